The Morgan fingerprint density at radius 1 is 1.32 bits per heavy atom. The molecule has 0 saturated carbocycles. The van der Waals surface area contributed by atoms with Gasteiger partial charge in [0.25, 0.3) is 0 Å². The molecule has 0 aromatic heterocycles. The number of aryl methyl sites for hydroxylation is 1. The lowest BCUT2D eigenvalue weighted by molar-refractivity contribution is -0.124. The van der Waals surface area contributed by atoms with E-state index in [1.54, 1.807) is 0 Å². The maximum Gasteiger partial charge on any atom is 0.231 e. The molecule has 22 heavy (non-hydrogen) atoms. The highest BCUT2D eigenvalue weighted by atomic mass is 16.2. The van der Waals surface area contributed by atoms with E-state index in [1.807, 2.05) is 0 Å². The Bertz CT molecular complexity index is 554. The summed E-state index contributed by atoms with van der Waals surface area (Å²) < 4.78 is 0. The number of hydrogen-bond donors (Lipinski definition) is 1. The molecule has 120 valence electrons. The van der Waals surface area contributed by atoms with Gasteiger partial charge < -0.3 is 10.2 Å². The van der Waals surface area contributed by atoms with Gasteiger partial charge in [-0.1, -0.05) is 19.1 Å². The van der Waals surface area contributed by atoms with E-state index in [0.717, 1.165) is 51.0 Å². The third kappa shape index (κ3) is 3.05. The van der Waals surface area contributed by atoms with Crippen LogP contribution in [0, 0.1) is 5.41 Å². The van der Waals surface area contributed by atoms with E-state index >= 15 is 0 Å². The van der Waals surface area contributed by atoms with Crippen LogP contribution < -0.4 is 5.32 Å². The molecule has 0 radical (unpaired) electrons. The first kappa shape index (κ1) is 15.5. The van der Waals surface area contributed by atoms with Crippen molar-refractivity contribution < 1.29 is 4.79 Å². The molecule has 1 atom stereocenters. The van der Waals surface area contributed by atoms with Crippen molar-refractivity contribution in [3.8, 4) is 0 Å². The quantitative estimate of drug-likeness (QED) is 0.921. The van der Waals surface area contributed by atoms with Gasteiger partial charge in [0.2, 0.25) is 5.91 Å². The summed E-state index contributed by atoms with van der Waals surface area (Å²) in [5, 5.41) is 3.25. The van der Waals surface area contributed by atoms with Gasteiger partial charge in [-0.2, -0.15) is 0 Å². The number of benzene rings is 1. The average molecular weight is 300 g/mol. The Hall–Kier alpha value is -1.35. The van der Waals surface area contributed by atoms with Gasteiger partial charge in [0.05, 0.1) is 5.41 Å². The summed E-state index contributed by atoms with van der Waals surface area (Å²) in [6.07, 6.45) is 6.89. The number of rotatable bonds is 4. The van der Waals surface area contributed by atoms with Crippen LogP contribution in [0.5, 0.6) is 0 Å². The molecule has 0 bridgehead atoms. The Morgan fingerprint density at radius 2 is 2.14 bits per heavy atom. The summed E-state index contributed by atoms with van der Waals surface area (Å²) in [5.41, 5.74) is 3.60. The van der Waals surface area contributed by atoms with Crippen molar-refractivity contribution in [2.24, 2.45) is 5.41 Å². The van der Waals surface area contributed by atoms with Crippen molar-refractivity contribution >= 4 is 11.6 Å². The fraction of sp³-hybridized carbons (Fsp3) is 0.632. The molecule has 2 aliphatic rings. The third-order valence-corrected chi connectivity index (χ3v) is 5.28. The van der Waals surface area contributed by atoms with Gasteiger partial charge >= 0.3 is 0 Å². The van der Waals surface area contributed by atoms with Crippen LogP contribution in [0.1, 0.15) is 50.7 Å². The van der Waals surface area contributed by atoms with Crippen LogP contribution in [0.4, 0.5) is 5.69 Å². The summed E-state index contributed by atoms with van der Waals surface area (Å²) in [4.78, 5) is 15.3. The second-order valence-corrected chi connectivity index (χ2v) is 7.19. The van der Waals surface area contributed by atoms with Crippen LogP contribution in [0.15, 0.2) is 18.2 Å². The molecule has 1 aliphatic heterocycles. The topological polar surface area (TPSA) is 32.3 Å². The molecule has 3 heteroatoms. The second-order valence-electron chi connectivity index (χ2n) is 7.19. The Kier molecular flexibility index (Phi) is 4.53. The molecule has 1 saturated heterocycles. The van der Waals surface area contributed by atoms with Crippen molar-refractivity contribution in [3.63, 3.8) is 0 Å². The Morgan fingerprint density at radius 3 is 2.95 bits per heavy atom. The third-order valence-electron chi connectivity index (χ3n) is 5.28. The molecule has 1 heterocycles. The lowest BCUT2D eigenvalue weighted by Crippen LogP contribution is -2.37. The van der Waals surface area contributed by atoms with E-state index in [4.69, 9.17) is 0 Å². The van der Waals surface area contributed by atoms with E-state index in [2.05, 4.69) is 42.3 Å². The first-order valence-corrected chi connectivity index (χ1v) is 8.77. The van der Waals surface area contributed by atoms with Gasteiger partial charge in [-0.25, -0.2) is 0 Å². The van der Waals surface area contributed by atoms with Crippen molar-refractivity contribution in [3.05, 3.63) is 29.3 Å². The summed E-state index contributed by atoms with van der Waals surface area (Å²) in [6.45, 7) is 7.36. The van der Waals surface area contributed by atoms with Crippen LogP contribution in [0.3, 0.4) is 0 Å². The van der Waals surface area contributed by atoms with Crippen LogP contribution in [-0.2, 0) is 17.6 Å². The first-order chi connectivity index (χ1) is 10.6. The smallest absolute Gasteiger partial charge is 0.231 e. The number of fused-ring (bicyclic) bond motifs is 1. The van der Waals surface area contributed by atoms with Crippen molar-refractivity contribution in [1.82, 2.24) is 4.90 Å². The predicted octanol–water partition coefficient (Wildman–Crippen LogP) is 3.63. The highest BCUT2D eigenvalue weighted by Gasteiger charge is 2.40. The van der Waals surface area contributed by atoms with E-state index < -0.39 is 0 Å². The molecule has 1 fully saturated rings. The van der Waals surface area contributed by atoms with E-state index in [1.165, 1.54) is 24.0 Å². The molecule has 1 unspecified atom stereocenters. The SMILES string of the molecule is CCCN1CCC(C)(C(=O)Nc2cccc3c2CCCC3)C1. The van der Waals surface area contributed by atoms with Gasteiger partial charge in [0.1, 0.15) is 0 Å². The normalized spacial score (nSPS) is 25.0. The Labute approximate surface area is 134 Å². The van der Waals surface area contributed by atoms with E-state index in [0.29, 0.717) is 0 Å². The zero-order valence-electron chi connectivity index (χ0n) is 14.0. The molecule has 1 N–H and O–H groups in total. The minimum Gasteiger partial charge on any atom is -0.325 e. The highest BCUT2D eigenvalue weighted by molar-refractivity contribution is 5.96. The second kappa shape index (κ2) is 6.41. The number of likely N-dealkylation sites (tertiary alicyclic amines) is 1. The van der Waals surface area contributed by atoms with Crippen molar-refractivity contribution in [1.29, 1.82) is 0 Å². The summed E-state index contributed by atoms with van der Waals surface area (Å²) in [6, 6.07) is 6.37. The molecule has 1 aromatic carbocycles. The number of carbonyl (C=O) groups excluding carboxylic acids is 1. The number of carbonyl (C=O) groups is 1. The molecule has 0 spiro atoms. The first-order valence-electron chi connectivity index (χ1n) is 8.77. The van der Waals surface area contributed by atoms with Gasteiger partial charge in [-0.3, -0.25) is 4.79 Å². The van der Waals surface area contributed by atoms with Crippen LogP contribution in [0.25, 0.3) is 0 Å². The van der Waals surface area contributed by atoms with Crippen LogP contribution >= 0.6 is 0 Å². The fourth-order valence-corrected chi connectivity index (χ4v) is 3.92. The number of anilines is 1. The van der Waals surface area contributed by atoms with Gasteiger partial charge in [0.15, 0.2) is 0 Å². The standard InChI is InChI=1S/C19H28N2O/c1-3-12-21-13-11-19(2,14-21)18(22)20-17-10-6-8-15-7-4-5-9-16(15)17/h6,8,10H,3-5,7,9,11-14H2,1-2H3,(H,20,22). The Balaban J connectivity index is 1.72. The molecule has 3 rings (SSSR count). The van der Waals surface area contributed by atoms with Gasteiger partial charge in [-0.05, 0) is 75.7 Å². The van der Waals surface area contributed by atoms with Gasteiger partial charge in [0, 0.05) is 12.2 Å². The minimum atomic E-state index is -0.243. The maximum atomic E-state index is 12.8. The minimum absolute atomic E-state index is 0.199. The average Bonchev–Trinajstić information content (AvgIpc) is 2.91. The largest absolute Gasteiger partial charge is 0.325 e. The van der Waals surface area contributed by atoms with Gasteiger partial charge in [-0.15, -0.1) is 0 Å². The van der Waals surface area contributed by atoms with E-state index in [9.17, 15) is 4.79 Å². The molecule has 3 nitrogen and oxygen atoms in total. The number of nitrogens with one attached hydrogen (secondary N) is 1. The number of hydrogen-bond acceptors (Lipinski definition) is 2. The lowest BCUT2D eigenvalue weighted by atomic mass is 9.87. The predicted molar refractivity (Wildman–Crippen MR) is 91.2 cm³/mol. The van der Waals surface area contributed by atoms with Crippen molar-refractivity contribution in [2.45, 2.75) is 52.4 Å². The highest BCUT2D eigenvalue weighted by Crippen LogP contribution is 2.33. The lowest BCUT2D eigenvalue weighted by Gasteiger charge is -2.26. The fourth-order valence-electron chi connectivity index (χ4n) is 3.92. The molecule has 1 amide bonds. The van der Waals surface area contributed by atoms with E-state index in [-0.39, 0.29) is 11.3 Å². The number of amides is 1. The number of nitrogens with zero attached hydrogens (tertiary/aromatic N) is 1. The zero-order valence-corrected chi connectivity index (χ0v) is 14.0. The van der Waals surface area contributed by atoms with Crippen LogP contribution in [-0.4, -0.2) is 30.4 Å². The zero-order chi connectivity index (χ0) is 15.6. The summed E-state index contributed by atoms with van der Waals surface area (Å²) >= 11 is 0. The monoisotopic (exact) mass is 300 g/mol. The molecular formula is C19H28N2O. The summed E-state index contributed by atoms with van der Waals surface area (Å²) in [5.74, 6) is 0.199. The van der Waals surface area contributed by atoms with Crippen molar-refractivity contribution in [2.75, 3.05) is 25.0 Å². The summed E-state index contributed by atoms with van der Waals surface area (Å²) in [7, 11) is 0. The molecular weight excluding hydrogens is 272 g/mol. The maximum absolute atomic E-state index is 12.8. The molecule has 1 aliphatic carbocycles. The molecule has 1 aromatic rings. The van der Waals surface area contributed by atoms with Crippen LogP contribution in [0.2, 0.25) is 0 Å².